The predicted octanol–water partition coefficient (Wildman–Crippen LogP) is 0.288. The summed E-state index contributed by atoms with van der Waals surface area (Å²) < 4.78 is 0. The average molecular weight is 252 g/mol. The van der Waals surface area contributed by atoms with E-state index < -0.39 is 0 Å². The van der Waals surface area contributed by atoms with E-state index in [1.165, 1.54) is 0 Å². The van der Waals surface area contributed by atoms with Gasteiger partial charge in [0.1, 0.15) is 6.04 Å². The summed E-state index contributed by atoms with van der Waals surface area (Å²) in [7, 11) is 4.03. The van der Waals surface area contributed by atoms with Gasteiger partial charge in [-0.05, 0) is 19.5 Å². The molecule has 1 unspecified atom stereocenters. The highest BCUT2D eigenvalue weighted by Crippen LogP contribution is 2.21. The van der Waals surface area contributed by atoms with Gasteiger partial charge in [0, 0.05) is 26.2 Å². The van der Waals surface area contributed by atoms with Gasteiger partial charge >= 0.3 is 0 Å². The van der Waals surface area contributed by atoms with Gasteiger partial charge in [-0.1, -0.05) is 13.8 Å². The summed E-state index contributed by atoms with van der Waals surface area (Å²) in [6.45, 7) is 7.51. The normalized spacial score (nSPS) is 24.4. The van der Waals surface area contributed by atoms with E-state index in [9.17, 15) is 4.79 Å². The van der Waals surface area contributed by atoms with E-state index in [0.29, 0.717) is 6.54 Å². The van der Waals surface area contributed by atoms with Gasteiger partial charge in [-0.25, -0.2) is 0 Å². The molecule has 18 heavy (non-hydrogen) atoms. The minimum absolute atomic E-state index is 0.0131. The van der Waals surface area contributed by atoms with E-state index in [1.807, 2.05) is 14.1 Å². The molecule has 1 atom stereocenters. The van der Waals surface area contributed by atoms with Crippen LogP contribution in [0.15, 0.2) is 0 Å². The molecular weight excluding hydrogens is 228 g/mol. The van der Waals surface area contributed by atoms with E-state index in [0.717, 1.165) is 19.6 Å². The van der Waals surface area contributed by atoms with Crippen LogP contribution in [-0.2, 0) is 4.79 Å². The third kappa shape index (κ3) is 4.28. The van der Waals surface area contributed by atoms with Gasteiger partial charge in [-0.15, -0.1) is 0 Å². The number of rotatable bonds is 4. The van der Waals surface area contributed by atoms with Crippen molar-refractivity contribution in [2.24, 2.45) is 5.41 Å². The Morgan fingerprint density at radius 3 is 2.78 bits per heavy atom. The average Bonchev–Trinajstić information content (AvgIpc) is 2.38. The highest BCUT2D eigenvalue weighted by atomic mass is 16.2. The standard InChI is InChI=1S/C13H24N4O/c1-13(2)9-15-12(18)11(5-6-14)17(10-13)8-7-16(3)4/h11H,5,7-10H2,1-4H3,(H,15,18). The monoisotopic (exact) mass is 252 g/mol. The molecule has 1 aliphatic rings. The molecule has 5 heteroatoms. The highest BCUT2D eigenvalue weighted by molar-refractivity contribution is 5.82. The maximum absolute atomic E-state index is 12.0. The number of nitriles is 1. The number of carbonyl (C=O) groups excluding carboxylic acids is 1. The Hall–Kier alpha value is -1.12. The summed E-state index contributed by atoms with van der Waals surface area (Å²) in [6, 6.07) is 1.82. The number of nitrogens with zero attached hydrogens (tertiary/aromatic N) is 3. The van der Waals surface area contributed by atoms with E-state index in [4.69, 9.17) is 5.26 Å². The van der Waals surface area contributed by atoms with Gasteiger partial charge in [0.15, 0.2) is 0 Å². The number of hydrogen-bond donors (Lipinski definition) is 1. The van der Waals surface area contributed by atoms with Crippen molar-refractivity contribution in [1.29, 1.82) is 5.26 Å². The van der Waals surface area contributed by atoms with Gasteiger partial charge in [0.05, 0.1) is 12.5 Å². The molecule has 0 aromatic heterocycles. The summed E-state index contributed by atoms with van der Waals surface area (Å²) in [5.74, 6) is -0.0131. The van der Waals surface area contributed by atoms with Crippen LogP contribution in [0.3, 0.4) is 0 Å². The van der Waals surface area contributed by atoms with Crippen LogP contribution in [0.4, 0.5) is 0 Å². The lowest BCUT2D eigenvalue weighted by Crippen LogP contribution is -2.46. The second kappa shape index (κ2) is 6.17. The maximum atomic E-state index is 12.0. The molecule has 1 aliphatic heterocycles. The number of hydrogen-bond acceptors (Lipinski definition) is 4. The molecular formula is C13H24N4O. The van der Waals surface area contributed by atoms with Crippen molar-refractivity contribution in [2.75, 3.05) is 40.3 Å². The quantitative estimate of drug-likeness (QED) is 0.781. The van der Waals surface area contributed by atoms with Crippen molar-refractivity contribution in [1.82, 2.24) is 15.1 Å². The lowest BCUT2D eigenvalue weighted by atomic mass is 9.93. The van der Waals surface area contributed by atoms with Crippen LogP contribution >= 0.6 is 0 Å². The first-order valence-corrected chi connectivity index (χ1v) is 6.39. The van der Waals surface area contributed by atoms with Gasteiger partial charge < -0.3 is 10.2 Å². The molecule has 0 spiro atoms. The zero-order valence-electron chi connectivity index (χ0n) is 11.9. The molecule has 1 fully saturated rings. The summed E-state index contributed by atoms with van der Waals surface area (Å²) in [5.41, 5.74) is 0.0478. The molecule has 0 bridgehead atoms. The Kier molecular flexibility index (Phi) is 5.12. The first kappa shape index (κ1) is 14.9. The van der Waals surface area contributed by atoms with E-state index in [1.54, 1.807) is 0 Å². The fraction of sp³-hybridized carbons (Fsp3) is 0.846. The van der Waals surface area contributed by atoms with Crippen molar-refractivity contribution in [3.63, 3.8) is 0 Å². The van der Waals surface area contributed by atoms with Crippen molar-refractivity contribution < 1.29 is 4.79 Å². The molecule has 102 valence electrons. The number of nitrogens with one attached hydrogen (secondary N) is 1. The number of carbonyl (C=O) groups is 1. The van der Waals surface area contributed by atoms with Crippen LogP contribution in [0.2, 0.25) is 0 Å². The maximum Gasteiger partial charge on any atom is 0.238 e. The molecule has 5 nitrogen and oxygen atoms in total. The molecule has 1 saturated heterocycles. The molecule has 1 rings (SSSR count). The SMILES string of the molecule is CN(C)CCN1CC(C)(C)CNC(=O)C1CC#N. The second-order valence-electron chi connectivity index (χ2n) is 6.03. The van der Waals surface area contributed by atoms with Crippen molar-refractivity contribution >= 4 is 5.91 Å². The van der Waals surface area contributed by atoms with Crippen LogP contribution in [0.1, 0.15) is 20.3 Å². The summed E-state index contributed by atoms with van der Waals surface area (Å²) in [4.78, 5) is 16.3. The summed E-state index contributed by atoms with van der Waals surface area (Å²) in [5, 5.41) is 11.8. The van der Waals surface area contributed by atoms with Crippen molar-refractivity contribution in [3.05, 3.63) is 0 Å². The third-order valence-electron chi connectivity index (χ3n) is 3.23. The van der Waals surface area contributed by atoms with E-state index >= 15 is 0 Å². The highest BCUT2D eigenvalue weighted by Gasteiger charge is 2.34. The predicted molar refractivity (Wildman–Crippen MR) is 70.9 cm³/mol. The van der Waals surface area contributed by atoms with Crippen LogP contribution in [-0.4, -0.2) is 62.0 Å². The lowest BCUT2D eigenvalue weighted by Gasteiger charge is -2.32. The largest absolute Gasteiger partial charge is 0.354 e. The summed E-state index contributed by atoms with van der Waals surface area (Å²) in [6.07, 6.45) is 0.259. The summed E-state index contributed by atoms with van der Waals surface area (Å²) >= 11 is 0. The van der Waals surface area contributed by atoms with Gasteiger partial charge in [0.2, 0.25) is 5.91 Å². The molecule has 0 saturated carbocycles. The topological polar surface area (TPSA) is 59.4 Å². The Bertz CT molecular complexity index is 332. The number of likely N-dealkylation sites (N-methyl/N-ethyl adjacent to an activating group) is 1. The van der Waals surface area contributed by atoms with Crippen molar-refractivity contribution in [3.8, 4) is 6.07 Å². The molecule has 0 aliphatic carbocycles. The molecule has 1 amide bonds. The van der Waals surface area contributed by atoms with E-state index in [-0.39, 0.29) is 23.8 Å². The third-order valence-corrected chi connectivity index (χ3v) is 3.23. The van der Waals surface area contributed by atoms with Crippen LogP contribution in [0.25, 0.3) is 0 Å². The van der Waals surface area contributed by atoms with E-state index in [2.05, 4.69) is 35.0 Å². The smallest absolute Gasteiger partial charge is 0.238 e. The van der Waals surface area contributed by atoms with Crippen molar-refractivity contribution in [2.45, 2.75) is 26.3 Å². The molecule has 0 aromatic rings. The zero-order chi connectivity index (χ0) is 13.8. The first-order chi connectivity index (χ1) is 8.35. The minimum Gasteiger partial charge on any atom is -0.354 e. The molecule has 1 heterocycles. The van der Waals surface area contributed by atoms with Gasteiger partial charge in [-0.2, -0.15) is 5.26 Å². The van der Waals surface area contributed by atoms with Gasteiger partial charge in [0.25, 0.3) is 0 Å². The Balaban J connectivity index is 2.80. The van der Waals surface area contributed by atoms with Crippen LogP contribution in [0, 0.1) is 16.7 Å². The van der Waals surface area contributed by atoms with Gasteiger partial charge in [-0.3, -0.25) is 9.69 Å². The zero-order valence-corrected chi connectivity index (χ0v) is 11.9. The minimum atomic E-state index is -0.309. The van der Waals surface area contributed by atoms with Crippen LogP contribution < -0.4 is 5.32 Å². The Morgan fingerprint density at radius 2 is 2.22 bits per heavy atom. The van der Waals surface area contributed by atoms with Crippen LogP contribution in [0.5, 0.6) is 0 Å². The Morgan fingerprint density at radius 1 is 1.56 bits per heavy atom. The fourth-order valence-electron chi connectivity index (χ4n) is 2.20. The molecule has 1 N–H and O–H groups in total. The Labute approximate surface area is 110 Å². The second-order valence-corrected chi connectivity index (χ2v) is 6.03. The molecule has 0 radical (unpaired) electrons. The first-order valence-electron chi connectivity index (χ1n) is 6.39. The molecule has 0 aromatic carbocycles. The fourth-order valence-corrected chi connectivity index (χ4v) is 2.20. The lowest BCUT2D eigenvalue weighted by molar-refractivity contribution is -0.125. The number of amides is 1.